The van der Waals surface area contributed by atoms with Crippen LogP contribution in [0, 0.1) is 11.3 Å². The van der Waals surface area contributed by atoms with Crippen LogP contribution in [-0.4, -0.2) is 54.7 Å². The summed E-state index contributed by atoms with van der Waals surface area (Å²) in [5.74, 6) is 0. The Kier molecular flexibility index (Phi) is 6.96. The molecule has 1 saturated heterocycles. The van der Waals surface area contributed by atoms with E-state index in [0.29, 0.717) is 12.6 Å². The summed E-state index contributed by atoms with van der Waals surface area (Å²) < 4.78 is 5.16. The van der Waals surface area contributed by atoms with Crippen LogP contribution in [0.15, 0.2) is 24.3 Å². The molecule has 1 amide bonds. The van der Waals surface area contributed by atoms with Crippen LogP contribution in [0.1, 0.15) is 57.1 Å². The van der Waals surface area contributed by atoms with Gasteiger partial charge in [0.15, 0.2) is 0 Å². The fourth-order valence-electron chi connectivity index (χ4n) is 4.68. The molecule has 5 heteroatoms. The van der Waals surface area contributed by atoms with Crippen molar-refractivity contribution in [3.05, 3.63) is 35.4 Å². The van der Waals surface area contributed by atoms with Crippen molar-refractivity contribution in [1.82, 2.24) is 9.80 Å². The molecule has 2 aliphatic rings. The van der Waals surface area contributed by atoms with Crippen LogP contribution in [0.25, 0.3) is 0 Å². The Morgan fingerprint density at radius 2 is 1.86 bits per heavy atom. The van der Waals surface area contributed by atoms with Gasteiger partial charge in [-0.05, 0) is 56.6 Å². The van der Waals surface area contributed by atoms with Gasteiger partial charge in [0, 0.05) is 32.2 Å². The van der Waals surface area contributed by atoms with E-state index in [1.807, 2.05) is 11.8 Å². The summed E-state index contributed by atoms with van der Waals surface area (Å²) in [6.07, 6.45) is 5.74. The molecule has 1 heterocycles. The molecule has 0 bridgehead atoms. The first-order valence-corrected chi connectivity index (χ1v) is 10.8. The second kappa shape index (κ2) is 9.43. The second-order valence-electron chi connectivity index (χ2n) is 8.05. The zero-order chi connectivity index (χ0) is 20.0. The largest absolute Gasteiger partial charge is 0.450 e. The predicted octanol–water partition coefficient (Wildman–Crippen LogP) is 4.12. The Balaban J connectivity index is 1.59. The lowest BCUT2D eigenvalue weighted by atomic mass is 9.69. The number of carbonyl (C=O) groups excluding carboxylic acids is 1. The van der Waals surface area contributed by atoms with E-state index < -0.39 is 0 Å². The molecule has 1 aromatic rings. The van der Waals surface area contributed by atoms with Gasteiger partial charge in [-0.1, -0.05) is 31.2 Å². The van der Waals surface area contributed by atoms with Gasteiger partial charge in [0.1, 0.15) is 0 Å². The van der Waals surface area contributed by atoms with Gasteiger partial charge in [-0.2, -0.15) is 5.26 Å². The van der Waals surface area contributed by atoms with Crippen molar-refractivity contribution >= 4 is 6.09 Å². The van der Waals surface area contributed by atoms with Gasteiger partial charge in [0.2, 0.25) is 0 Å². The first-order valence-electron chi connectivity index (χ1n) is 10.8. The van der Waals surface area contributed by atoms with Crippen molar-refractivity contribution in [3.63, 3.8) is 0 Å². The number of hydrogen-bond donors (Lipinski definition) is 0. The lowest BCUT2D eigenvalue weighted by Gasteiger charge is -2.40. The highest BCUT2D eigenvalue weighted by molar-refractivity contribution is 5.67. The summed E-state index contributed by atoms with van der Waals surface area (Å²) in [5, 5.41) is 9.99. The van der Waals surface area contributed by atoms with E-state index in [1.165, 1.54) is 11.1 Å². The van der Waals surface area contributed by atoms with E-state index in [2.05, 4.69) is 42.2 Å². The third-order valence-corrected chi connectivity index (χ3v) is 6.51. The molecule has 3 rings (SSSR count). The van der Waals surface area contributed by atoms with Crippen molar-refractivity contribution in [3.8, 4) is 6.07 Å². The molecule has 1 aliphatic heterocycles. The third-order valence-electron chi connectivity index (χ3n) is 6.51. The molecular formula is C23H33N3O2. The molecular weight excluding hydrogens is 350 g/mol. The van der Waals surface area contributed by atoms with Crippen LogP contribution in [0.2, 0.25) is 0 Å². The van der Waals surface area contributed by atoms with E-state index in [1.54, 1.807) is 0 Å². The van der Waals surface area contributed by atoms with E-state index in [0.717, 1.165) is 64.7 Å². The SMILES string of the molecule is CCOC(=O)N1CCCN(C2CCC(C#N)(c3ccc(CC)cc3)CC2)CC1. The topological polar surface area (TPSA) is 56.6 Å². The average Bonchev–Trinajstić information content (AvgIpc) is 3.00. The number of aryl methyl sites for hydroxylation is 1. The second-order valence-corrected chi connectivity index (χ2v) is 8.05. The average molecular weight is 384 g/mol. The first-order chi connectivity index (χ1) is 13.6. The summed E-state index contributed by atoms with van der Waals surface area (Å²) >= 11 is 0. The van der Waals surface area contributed by atoms with E-state index in [-0.39, 0.29) is 11.5 Å². The Bertz CT molecular complexity index is 687. The number of amides is 1. The van der Waals surface area contributed by atoms with Crippen molar-refractivity contribution in [2.24, 2.45) is 0 Å². The van der Waals surface area contributed by atoms with Crippen molar-refractivity contribution in [2.45, 2.75) is 63.8 Å². The maximum Gasteiger partial charge on any atom is 0.409 e. The summed E-state index contributed by atoms with van der Waals surface area (Å²) in [4.78, 5) is 16.4. The Morgan fingerprint density at radius 1 is 1.14 bits per heavy atom. The maximum absolute atomic E-state index is 12.0. The smallest absolute Gasteiger partial charge is 0.409 e. The quantitative estimate of drug-likeness (QED) is 0.785. The molecule has 2 fully saturated rings. The summed E-state index contributed by atoms with van der Waals surface area (Å²) in [5.41, 5.74) is 2.15. The summed E-state index contributed by atoms with van der Waals surface area (Å²) in [6, 6.07) is 11.8. The molecule has 0 aromatic heterocycles. The Hall–Kier alpha value is -2.06. The van der Waals surface area contributed by atoms with E-state index in [4.69, 9.17) is 4.74 Å². The van der Waals surface area contributed by atoms with Gasteiger partial charge in [-0.25, -0.2) is 4.79 Å². The van der Waals surface area contributed by atoms with Gasteiger partial charge in [0.25, 0.3) is 0 Å². The third kappa shape index (κ3) is 4.50. The fourth-order valence-corrected chi connectivity index (χ4v) is 4.68. The lowest BCUT2D eigenvalue weighted by molar-refractivity contribution is 0.104. The minimum atomic E-state index is -0.342. The van der Waals surface area contributed by atoms with Crippen LogP contribution in [0.4, 0.5) is 4.79 Å². The van der Waals surface area contributed by atoms with Crippen LogP contribution in [0.3, 0.4) is 0 Å². The highest BCUT2D eigenvalue weighted by Gasteiger charge is 2.39. The molecule has 0 spiro atoms. The Morgan fingerprint density at radius 3 is 2.46 bits per heavy atom. The Labute approximate surface area is 169 Å². The zero-order valence-corrected chi connectivity index (χ0v) is 17.3. The van der Waals surface area contributed by atoms with Gasteiger partial charge >= 0.3 is 6.09 Å². The highest BCUT2D eigenvalue weighted by atomic mass is 16.6. The number of hydrogen-bond acceptors (Lipinski definition) is 4. The molecule has 5 nitrogen and oxygen atoms in total. The monoisotopic (exact) mass is 383 g/mol. The molecule has 0 N–H and O–H groups in total. The maximum atomic E-state index is 12.0. The zero-order valence-electron chi connectivity index (χ0n) is 17.3. The minimum absolute atomic E-state index is 0.188. The molecule has 0 radical (unpaired) electrons. The fraction of sp³-hybridized carbons (Fsp3) is 0.652. The summed E-state index contributed by atoms with van der Waals surface area (Å²) in [6.45, 7) is 7.85. The molecule has 1 aromatic carbocycles. The van der Waals surface area contributed by atoms with Gasteiger partial charge in [-0.15, -0.1) is 0 Å². The van der Waals surface area contributed by atoms with Crippen LogP contribution in [-0.2, 0) is 16.6 Å². The number of benzene rings is 1. The molecule has 28 heavy (non-hydrogen) atoms. The van der Waals surface area contributed by atoms with Crippen LogP contribution in [0.5, 0.6) is 0 Å². The summed E-state index contributed by atoms with van der Waals surface area (Å²) in [7, 11) is 0. The number of carbonyl (C=O) groups is 1. The highest BCUT2D eigenvalue weighted by Crippen LogP contribution is 2.40. The minimum Gasteiger partial charge on any atom is -0.450 e. The van der Waals surface area contributed by atoms with Gasteiger partial charge in [-0.3, -0.25) is 4.90 Å². The standard InChI is InChI=1S/C23H33N3O2/c1-3-19-6-8-20(9-7-19)23(18-24)12-10-21(11-13-23)25-14-5-15-26(17-16-25)22(27)28-4-2/h6-9,21H,3-5,10-17H2,1-2H3. The van der Waals surface area contributed by atoms with Crippen LogP contribution >= 0.6 is 0 Å². The normalized spacial score (nSPS) is 26.3. The van der Waals surface area contributed by atoms with Crippen LogP contribution < -0.4 is 0 Å². The molecule has 1 aliphatic carbocycles. The van der Waals surface area contributed by atoms with Gasteiger partial charge < -0.3 is 9.64 Å². The molecule has 1 saturated carbocycles. The van der Waals surface area contributed by atoms with Crippen molar-refractivity contribution in [2.75, 3.05) is 32.8 Å². The predicted molar refractivity (Wildman–Crippen MR) is 110 cm³/mol. The number of nitriles is 1. The molecule has 0 atom stereocenters. The van der Waals surface area contributed by atoms with E-state index in [9.17, 15) is 10.1 Å². The number of rotatable bonds is 4. The lowest BCUT2D eigenvalue weighted by Crippen LogP contribution is -2.44. The van der Waals surface area contributed by atoms with Crippen molar-refractivity contribution < 1.29 is 9.53 Å². The number of nitrogens with zero attached hydrogens (tertiary/aromatic N) is 3. The molecule has 0 unspecified atom stereocenters. The van der Waals surface area contributed by atoms with E-state index >= 15 is 0 Å². The van der Waals surface area contributed by atoms with Gasteiger partial charge in [0.05, 0.1) is 18.1 Å². The molecule has 152 valence electrons. The van der Waals surface area contributed by atoms with Crippen molar-refractivity contribution in [1.29, 1.82) is 5.26 Å². The number of ether oxygens (including phenoxy) is 1. The first kappa shape index (κ1) is 20.7.